The predicted octanol–water partition coefficient (Wildman–Crippen LogP) is 4.52. The molecule has 1 N–H and O–H groups in total. The number of benzene rings is 1. The van der Waals surface area contributed by atoms with Crippen LogP contribution in [0, 0.1) is 11.7 Å². The fourth-order valence-corrected chi connectivity index (χ4v) is 5.56. The van der Waals surface area contributed by atoms with Crippen LogP contribution in [-0.4, -0.2) is 48.8 Å². The highest BCUT2D eigenvalue weighted by molar-refractivity contribution is 7.12. The van der Waals surface area contributed by atoms with Gasteiger partial charge in [-0.05, 0) is 66.5 Å². The Morgan fingerprint density at radius 3 is 2.44 bits per heavy atom. The van der Waals surface area contributed by atoms with E-state index >= 15 is 0 Å². The van der Waals surface area contributed by atoms with Gasteiger partial charge in [0.25, 0.3) is 0 Å². The Balaban J connectivity index is 1.22. The minimum absolute atomic E-state index is 0.243. The number of aliphatic hydroxyl groups is 1. The Morgan fingerprint density at radius 2 is 1.81 bits per heavy atom. The van der Waals surface area contributed by atoms with E-state index in [1.54, 1.807) is 24.3 Å². The third kappa shape index (κ3) is 5.38. The Hall–Kier alpha value is -2.26. The lowest BCUT2D eigenvalue weighted by atomic mass is 10.00. The molecule has 0 bridgehead atoms. The van der Waals surface area contributed by atoms with Crippen molar-refractivity contribution in [3.05, 3.63) is 74.9 Å². The summed E-state index contributed by atoms with van der Waals surface area (Å²) in [5, 5.41) is 15.0. The Labute approximate surface area is 195 Å². The SMILES string of the molecule is O=C(OCC1CCN(CCCOc2ccc(F)cc2)C1)C(O)(c1cccs1)c1cccs1. The zero-order valence-electron chi connectivity index (χ0n) is 17.6. The van der Waals surface area contributed by atoms with Crippen molar-refractivity contribution in [2.24, 2.45) is 5.92 Å². The second-order valence-corrected chi connectivity index (χ2v) is 9.77. The molecule has 3 aromatic rings. The lowest BCUT2D eigenvalue weighted by Gasteiger charge is -2.24. The zero-order valence-corrected chi connectivity index (χ0v) is 19.2. The molecule has 2 aromatic heterocycles. The van der Waals surface area contributed by atoms with E-state index in [4.69, 9.17) is 9.47 Å². The monoisotopic (exact) mass is 475 g/mol. The minimum atomic E-state index is -1.75. The van der Waals surface area contributed by atoms with Gasteiger partial charge in [-0.3, -0.25) is 0 Å². The van der Waals surface area contributed by atoms with Crippen molar-refractivity contribution in [1.82, 2.24) is 4.90 Å². The van der Waals surface area contributed by atoms with Crippen LogP contribution in [0.2, 0.25) is 0 Å². The van der Waals surface area contributed by atoms with Gasteiger partial charge in [-0.15, -0.1) is 22.7 Å². The highest BCUT2D eigenvalue weighted by atomic mass is 32.1. The third-order valence-corrected chi connectivity index (χ3v) is 7.53. The molecule has 0 amide bonds. The van der Waals surface area contributed by atoms with Gasteiger partial charge < -0.3 is 19.5 Å². The summed E-state index contributed by atoms with van der Waals surface area (Å²) < 4.78 is 24.2. The number of hydrogen-bond acceptors (Lipinski definition) is 7. The topological polar surface area (TPSA) is 59.0 Å². The maximum atomic E-state index is 13.0. The van der Waals surface area contributed by atoms with Crippen LogP contribution in [0.1, 0.15) is 22.6 Å². The van der Waals surface area contributed by atoms with Crippen molar-refractivity contribution in [2.75, 3.05) is 32.8 Å². The molecule has 0 aliphatic carbocycles. The molecule has 1 unspecified atom stereocenters. The molecule has 1 aromatic carbocycles. The number of ether oxygens (including phenoxy) is 2. The second-order valence-electron chi connectivity index (χ2n) is 7.87. The van der Waals surface area contributed by atoms with E-state index in [1.807, 2.05) is 22.9 Å². The number of carbonyl (C=O) groups is 1. The molecule has 1 atom stereocenters. The van der Waals surface area contributed by atoms with Crippen LogP contribution < -0.4 is 4.74 Å². The molecular weight excluding hydrogens is 449 g/mol. The van der Waals surface area contributed by atoms with Gasteiger partial charge >= 0.3 is 5.97 Å². The number of carbonyl (C=O) groups excluding carboxylic acids is 1. The summed E-state index contributed by atoms with van der Waals surface area (Å²) in [7, 11) is 0. The molecule has 0 saturated carbocycles. The summed E-state index contributed by atoms with van der Waals surface area (Å²) in [5.41, 5.74) is -1.75. The standard InChI is InChI=1S/C24H26FNO4S2/c25-19-6-8-20(9-7-19)29-13-3-11-26-12-10-18(16-26)17-30-23(27)24(28,21-4-1-14-31-21)22-5-2-15-32-22/h1-2,4-9,14-15,18,28H,3,10-13,16-17H2. The lowest BCUT2D eigenvalue weighted by molar-refractivity contribution is -0.162. The van der Waals surface area contributed by atoms with Crippen LogP contribution in [0.5, 0.6) is 5.75 Å². The summed E-state index contributed by atoms with van der Waals surface area (Å²) in [6.07, 6.45) is 1.81. The fraction of sp³-hybridized carbons (Fsp3) is 0.375. The van der Waals surface area contributed by atoms with Crippen LogP contribution >= 0.6 is 22.7 Å². The van der Waals surface area contributed by atoms with Crippen LogP contribution in [-0.2, 0) is 15.1 Å². The van der Waals surface area contributed by atoms with Gasteiger partial charge in [-0.1, -0.05) is 12.1 Å². The lowest BCUT2D eigenvalue weighted by Crippen LogP contribution is -2.38. The number of thiophene rings is 2. The van der Waals surface area contributed by atoms with Crippen LogP contribution in [0.15, 0.2) is 59.3 Å². The van der Waals surface area contributed by atoms with Crippen molar-refractivity contribution < 1.29 is 23.8 Å². The number of likely N-dealkylation sites (tertiary alicyclic amines) is 1. The smallest absolute Gasteiger partial charge is 0.349 e. The van der Waals surface area contributed by atoms with Gasteiger partial charge in [0, 0.05) is 19.0 Å². The first-order valence-corrected chi connectivity index (χ1v) is 12.4. The summed E-state index contributed by atoms with van der Waals surface area (Å²) >= 11 is 2.68. The number of rotatable bonds is 10. The normalized spacial score (nSPS) is 16.9. The van der Waals surface area contributed by atoms with Crippen LogP contribution in [0.25, 0.3) is 0 Å². The summed E-state index contributed by atoms with van der Waals surface area (Å²) in [6, 6.07) is 13.2. The average molecular weight is 476 g/mol. The first-order chi connectivity index (χ1) is 15.6. The molecule has 0 radical (unpaired) electrons. The molecule has 3 heterocycles. The van der Waals surface area contributed by atoms with Gasteiger partial charge in [0.2, 0.25) is 5.60 Å². The van der Waals surface area contributed by atoms with Gasteiger partial charge in [0.05, 0.1) is 23.0 Å². The molecule has 170 valence electrons. The predicted molar refractivity (Wildman–Crippen MR) is 124 cm³/mol. The van der Waals surface area contributed by atoms with E-state index < -0.39 is 11.6 Å². The quantitative estimate of drug-likeness (QED) is 0.345. The summed E-state index contributed by atoms with van der Waals surface area (Å²) in [4.78, 5) is 16.4. The first kappa shape index (κ1) is 22.9. The number of halogens is 1. The largest absolute Gasteiger partial charge is 0.494 e. The number of hydrogen-bond donors (Lipinski definition) is 1. The van der Waals surface area contributed by atoms with Crippen LogP contribution in [0.4, 0.5) is 4.39 Å². The van der Waals surface area contributed by atoms with Crippen molar-refractivity contribution >= 4 is 28.6 Å². The van der Waals surface area contributed by atoms with Gasteiger partial charge in [0.15, 0.2) is 0 Å². The molecular formula is C24H26FNO4S2. The molecule has 1 fully saturated rings. The molecule has 8 heteroatoms. The summed E-state index contributed by atoms with van der Waals surface area (Å²) in [6.45, 7) is 3.54. The maximum Gasteiger partial charge on any atom is 0.349 e. The van der Waals surface area contributed by atoms with E-state index in [0.29, 0.717) is 28.7 Å². The van der Waals surface area contributed by atoms with Gasteiger partial charge in [-0.2, -0.15) is 0 Å². The minimum Gasteiger partial charge on any atom is -0.494 e. The van der Waals surface area contributed by atoms with Crippen LogP contribution in [0.3, 0.4) is 0 Å². The van der Waals surface area contributed by atoms with Crippen molar-refractivity contribution in [3.63, 3.8) is 0 Å². The fourth-order valence-electron chi connectivity index (χ4n) is 3.85. The second kappa shape index (κ2) is 10.6. The zero-order chi connectivity index (χ0) is 22.4. The maximum absolute atomic E-state index is 13.0. The van der Waals surface area contributed by atoms with Gasteiger partial charge in [0.1, 0.15) is 11.6 Å². The molecule has 32 heavy (non-hydrogen) atoms. The Kier molecular flexibility index (Phi) is 7.57. The van der Waals surface area contributed by atoms with Crippen molar-refractivity contribution in [1.29, 1.82) is 0 Å². The van der Waals surface area contributed by atoms with Crippen molar-refractivity contribution in [3.8, 4) is 5.75 Å². The molecule has 1 saturated heterocycles. The molecule has 1 aliphatic rings. The van der Waals surface area contributed by atoms with Crippen molar-refractivity contribution in [2.45, 2.75) is 18.4 Å². The summed E-state index contributed by atoms with van der Waals surface area (Å²) in [5.74, 6) is 0.0217. The van der Waals surface area contributed by atoms with E-state index in [1.165, 1.54) is 34.8 Å². The highest BCUT2D eigenvalue weighted by Crippen LogP contribution is 2.37. The first-order valence-electron chi connectivity index (χ1n) is 10.6. The molecule has 5 nitrogen and oxygen atoms in total. The van der Waals surface area contributed by atoms with E-state index in [9.17, 15) is 14.3 Å². The van der Waals surface area contributed by atoms with Gasteiger partial charge in [-0.25, -0.2) is 9.18 Å². The third-order valence-electron chi connectivity index (χ3n) is 5.57. The average Bonchev–Trinajstić information content (AvgIpc) is 3.58. The van der Waals surface area contributed by atoms with E-state index in [0.717, 1.165) is 32.5 Å². The Morgan fingerprint density at radius 1 is 1.12 bits per heavy atom. The Bertz CT molecular complexity index is 942. The highest BCUT2D eigenvalue weighted by Gasteiger charge is 2.44. The molecule has 0 spiro atoms. The number of nitrogens with zero attached hydrogens (tertiary/aromatic N) is 1. The molecule has 1 aliphatic heterocycles. The van der Waals surface area contributed by atoms with E-state index in [-0.39, 0.29) is 11.7 Å². The number of esters is 1. The van der Waals surface area contributed by atoms with E-state index in [2.05, 4.69) is 4.90 Å². The molecule has 4 rings (SSSR count).